The molecule has 0 fully saturated rings. The first-order valence-corrected chi connectivity index (χ1v) is 11.7. The Hall–Kier alpha value is -3.23. The second kappa shape index (κ2) is 9.95. The van der Waals surface area contributed by atoms with E-state index in [1.165, 1.54) is 4.57 Å². The van der Waals surface area contributed by atoms with Gasteiger partial charge in [0.2, 0.25) is 0 Å². The molecule has 2 heterocycles. The zero-order valence-corrected chi connectivity index (χ0v) is 20.2. The lowest BCUT2D eigenvalue weighted by atomic mass is 10.0. The molecule has 8 nitrogen and oxygen atoms in total. The van der Waals surface area contributed by atoms with Crippen LogP contribution in [-0.4, -0.2) is 27.2 Å². The number of anilines is 2. The maximum atomic E-state index is 13.4. The molecule has 0 saturated heterocycles. The maximum Gasteiger partial charge on any atom is 0.332 e. The van der Waals surface area contributed by atoms with Gasteiger partial charge in [-0.1, -0.05) is 49.7 Å². The summed E-state index contributed by atoms with van der Waals surface area (Å²) in [7, 11) is 1.62. The van der Waals surface area contributed by atoms with E-state index in [2.05, 4.69) is 19.2 Å². The third kappa shape index (κ3) is 4.69. The standard InChI is InChI=1S/C25H29ClN4O4/c1-16(2)18-6-4-7-20(14-18)34-24-27-22-21(30(24)15-17-8-10-19(26)11-9-17)23(32)29(12-5-13-31)25(33)28(22)3/h4,6-11,14,16,24,27,31H,5,12-13,15H2,1-3H3. The molecule has 1 aliphatic rings. The lowest BCUT2D eigenvalue weighted by molar-refractivity contribution is 0.227. The quantitative estimate of drug-likeness (QED) is 0.508. The smallest absolute Gasteiger partial charge is 0.332 e. The summed E-state index contributed by atoms with van der Waals surface area (Å²) in [5.74, 6) is 1.39. The number of halogens is 1. The molecule has 0 spiro atoms. The van der Waals surface area contributed by atoms with E-state index in [0.717, 1.165) is 15.7 Å². The predicted molar refractivity (Wildman–Crippen MR) is 134 cm³/mol. The highest BCUT2D eigenvalue weighted by molar-refractivity contribution is 6.30. The highest BCUT2D eigenvalue weighted by Gasteiger charge is 2.36. The minimum atomic E-state index is -0.708. The first-order chi connectivity index (χ1) is 16.3. The summed E-state index contributed by atoms with van der Waals surface area (Å²) in [6, 6.07) is 15.2. The first kappa shape index (κ1) is 23.9. The van der Waals surface area contributed by atoms with Gasteiger partial charge in [-0.3, -0.25) is 13.9 Å². The fraction of sp³-hybridized carbons (Fsp3) is 0.360. The number of aliphatic hydroxyl groups is 1. The topological polar surface area (TPSA) is 88.7 Å². The fourth-order valence-corrected chi connectivity index (χ4v) is 4.16. The number of aliphatic hydroxyl groups excluding tert-OH is 1. The highest BCUT2D eigenvalue weighted by Crippen LogP contribution is 2.33. The largest absolute Gasteiger partial charge is 0.452 e. The number of fused-ring (bicyclic) bond motifs is 1. The number of nitrogens with zero attached hydrogens (tertiary/aromatic N) is 3. The van der Waals surface area contributed by atoms with Crippen LogP contribution in [0.1, 0.15) is 37.3 Å². The van der Waals surface area contributed by atoms with Crippen LogP contribution in [0.15, 0.2) is 58.1 Å². The van der Waals surface area contributed by atoms with Crippen LogP contribution in [0.5, 0.6) is 5.75 Å². The van der Waals surface area contributed by atoms with Crippen LogP contribution in [0.3, 0.4) is 0 Å². The van der Waals surface area contributed by atoms with Crippen molar-refractivity contribution in [3.8, 4) is 5.75 Å². The van der Waals surface area contributed by atoms with E-state index in [1.54, 1.807) is 19.2 Å². The molecular formula is C25H29ClN4O4. The Kier molecular flexibility index (Phi) is 7.00. The van der Waals surface area contributed by atoms with Crippen LogP contribution >= 0.6 is 11.6 Å². The molecular weight excluding hydrogens is 456 g/mol. The van der Waals surface area contributed by atoms with Crippen LogP contribution in [0.2, 0.25) is 5.02 Å². The molecule has 34 heavy (non-hydrogen) atoms. The molecule has 4 rings (SSSR count). The van der Waals surface area contributed by atoms with Gasteiger partial charge in [0, 0.05) is 31.8 Å². The molecule has 9 heteroatoms. The molecule has 2 aromatic carbocycles. The molecule has 0 saturated carbocycles. The lowest BCUT2D eigenvalue weighted by Crippen LogP contribution is -2.43. The Labute approximate surface area is 203 Å². The summed E-state index contributed by atoms with van der Waals surface area (Å²) in [5.41, 5.74) is 1.54. The number of nitrogens with one attached hydrogen (secondary N) is 1. The van der Waals surface area contributed by atoms with Gasteiger partial charge in [0.25, 0.3) is 11.9 Å². The summed E-state index contributed by atoms with van der Waals surface area (Å²) in [6.45, 7) is 4.60. The van der Waals surface area contributed by atoms with Crippen LogP contribution in [0.25, 0.3) is 0 Å². The van der Waals surface area contributed by atoms with Gasteiger partial charge in [-0.15, -0.1) is 0 Å². The van der Waals surface area contributed by atoms with E-state index in [1.807, 2.05) is 41.3 Å². The van der Waals surface area contributed by atoms with E-state index in [0.29, 0.717) is 41.2 Å². The normalized spacial score (nSPS) is 14.9. The molecule has 180 valence electrons. The van der Waals surface area contributed by atoms with E-state index < -0.39 is 17.6 Å². The Bertz CT molecular complexity index is 1280. The van der Waals surface area contributed by atoms with E-state index in [9.17, 15) is 14.7 Å². The highest BCUT2D eigenvalue weighted by atomic mass is 35.5. The van der Waals surface area contributed by atoms with Gasteiger partial charge in [0.15, 0.2) is 0 Å². The monoisotopic (exact) mass is 484 g/mol. The van der Waals surface area contributed by atoms with E-state index in [-0.39, 0.29) is 13.2 Å². The second-order valence-electron chi connectivity index (χ2n) is 8.67. The number of rotatable bonds is 8. The Balaban J connectivity index is 1.77. The van der Waals surface area contributed by atoms with Crippen molar-refractivity contribution in [3.63, 3.8) is 0 Å². The van der Waals surface area contributed by atoms with Crippen molar-refractivity contribution in [3.05, 3.63) is 85.5 Å². The molecule has 0 aliphatic carbocycles. The average Bonchev–Trinajstić information content (AvgIpc) is 3.17. The fourth-order valence-electron chi connectivity index (χ4n) is 4.03. The van der Waals surface area contributed by atoms with Crippen LogP contribution in [0, 0.1) is 0 Å². The molecule has 0 radical (unpaired) electrons. The summed E-state index contributed by atoms with van der Waals surface area (Å²) < 4.78 is 8.89. The van der Waals surface area contributed by atoms with Crippen molar-refractivity contribution in [2.45, 2.75) is 45.6 Å². The van der Waals surface area contributed by atoms with Crippen LogP contribution in [-0.2, 0) is 20.1 Å². The summed E-state index contributed by atoms with van der Waals surface area (Å²) in [6.07, 6.45) is -0.402. The maximum absolute atomic E-state index is 13.4. The zero-order chi connectivity index (χ0) is 24.4. The van der Waals surface area contributed by atoms with Crippen molar-refractivity contribution in [2.24, 2.45) is 7.05 Å². The molecule has 3 aromatic rings. The molecule has 2 N–H and O–H groups in total. The second-order valence-corrected chi connectivity index (χ2v) is 9.11. The lowest BCUT2D eigenvalue weighted by Gasteiger charge is -2.27. The van der Waals surface area contributed by atoms with Gasteiger partial charge in [-0.2, -0.15) is 0 Å². The van der Waals surface area contributed by atoms with Crippen molar-refractivity contribution >= 4 is 23.1 Å². The van der Waals surface area contributed by atoms with E-state index >= 15 is 0 Å². The minimum Gasteiger partial charge on any atom is -0.452 e. The molecule has 1 aliphatic heterocycles. The number of benzene rings is 2. The van der Waals surface area contributed by atoms with E-state index in [4.69, 9.17) is 16.3 Å². The number of hydrogen-bond acceptors (Lipinski definition) is 6. The number of ether oxygens (including phenoxy) is 1. The molecule has 1 unspecified atom stereocenters. The number of hydrogen-bond donors (Lipinski definition) is 2. The van der Waals surface area contributed by atoms with Crippen molar-refractivity contribution in [2.75, 3.05) is 16.8 Å². The third-order valence-corrected chi connectivity index (χ3v) is 6.19. The summed E-state index contributed by atoms with van der Waals surface area (Å²) in [5, 5.41) is 13.1. The van der Waals surface area contributed by atoms with Gasteiger partial charge in [-0.05, 0) is 47.7 Å². The average molecular weight is 485 g/mol. The van der Waals surface area contributed by atoms with Crippen LogP contribution < -0.4 is 26.2 Å². The Morgan fingerprint density at radius 1 is 1.15 bits per heavy atom. The SMILES string of the molecule is CC(C)c1cccc(OC2Nc3c(c(=O)n(CCCO)c(=O)n3C)N2Cc2ccc(Cl)cc2)c1. The summed E-state index contributed by atoms with van der Waals surface area (Å²) in [4.78, 5) is 28.1. The van der Waals surface area contributed by atoms with Gasteiger partial charge in [0.05, 0.1) is 0 Å². The van der Waals surface area contributed by atoms with Crippen molar-refractivity contribution in [1.82, 2.24) is 9.13 Å². The van der Waals surface area contributed by atoms with Gasteiger partial charge >= 0.3 is 5.69 Å². The third-order valence-electron chi connectivity index (χ3n) is 5.93. The van der Waals surface area contributed by atoms with Gasteiger partial charge < -0.3 is 20.1 Å². The predicted octanol–water partition coefficient (Wildman–Crippen LogP) is 3.50. The Morgan fingerprint density at radius 3 is 2.56 bits per heavy atom. The van der Waals surface area contributed by atoms with Gasteiger partial charge in [-0.25, -0.2) is 4.79 Å². The molecule has 0 amide bonds. The minimum absolute atomic E-state index is 0.114. The van der Waals surface area contributed by atoms with Crippen molar-refractivity contribution in [1.29, 1.82) is 0 Å². The number of aromatic nitrogens is 2. The zero-order valence-electron chi connectivity index (χ0n) is 19.5. The Morgan fingerprint density at radius 2 is 1.88 bits per heavy atom. The first-order valence-electron chi connectivity index (χ1n) is 11.3. The van der Waals surface area contributed by atoms with Crippen LogP contribution in [0.4, 0.5) is 11.5 Å². The molecule has 1 atom stereocenters. The molecule has 0 bridgehead atoms. The van der Waals surface area contributed by atoms with Crippen molar-refractivity contribution < 1.29 is 9.84 Å². The molecule has 1 aromatic heterocycles. The van der Waals surface area contributed by atoms with Gasteiger partial charge in [0.1, 0.15) is 17.3 Å². The summed E-state index contributed by atoms with van der Waals surface area (Å²) >= 11 is 6.06.